The van der Waals surface area contributed by atoms with Crippen LogP contribution in [0.15, 0.2) is 121 Å². The lowest BCUT2D eigenvalue weighted by atomic mass is 9.78. The second-order valence-electron chi connectivity index (χ2n) is 11.7. The molecule has 0 atom stereocenters. The van der Waals surface area contributed by atoms with Gasteiger partial charge in [-0.15, -0.1) is 0 Å². The Morgan fingerprint density at radius 1 is 0.550 bits per heavy atom. The first-order valence-corrected chi connectivity index (χ1v) is 14.0. The smallest absolute Gasteiger partial charge is 0.399 e. The monoisotopic (exact) mass is 521 g/mol. The third kappa shape index (κ3) is 3.99. The highest BCUT2D eigenvalue weighted by molar-refractivity contribution is 6.62. The maximum Gasteiger partial charge on any atom is 0.494 e. The number of aromatic nitrogens is 1. The van der Waals surface area contributed by atoms with Gasteiger partial charge in [0.15, 0.2) is 0 Å². The van der Waals surface area contributed by atoms with Crippen LogP contribution in [0.2, 0.25) is 0 Å². The maximum atomic E-state index is 6.44. The van der Waals surface area contributed by atoms with Crippen LogP contribution in [-0.4, -0.2) is 22.9 Å². The molecule has 6 aromatic rings. The normalized spacial score (nSPS) is 16.1. The predicted molar refractivity (Wildman–Crippen MR) is 167 cm³/mol. The first-order valence-electron chi connectivity index (χ1n) is 14.0. The van der Waals surface area contributed by atoms with E-state index in [1.807, 2.05) is 0 Å². The molecule has 3 nitrogen and oxygen atoms in total. The molecular weight excluding hydrogens is 489 g/mol. The van der Waals surface area contributed by atoms with Crippen molar-refractivity contribution < 1.29 is 9.31 Å². The Morgan fingerprint density at radius 2 is 1.15 bits per heavy atom. The molecule has 1 aliphatic heterocycles. The lowest BCUT2D eigenvalue weighted by Gasteiger charge is -2.32. The zero-order valence-electron chi connectivity index (χ0n) is 23.4. The molecule has 0 bridgehead atoms. The van der Waals surface area contributed by atoms with Gasteiger partial charge in [0.25, 0.3) is 0 Å². The Hall–Kier alpha value is -4.12. The van der Waals surface area contributed by atoms with Gasteiger partial charge in [0.05, 0.1) is 22.2 Å². The number of hydrogen-bond donors (Lipinski definition) is 0. The van der Waals surface area contributed by atoms with E-state index in [-0.39, 0.29) is 0 Å². The van der Waals surface area contributed by atoms with Gasteiger partial charge < -0.3 is 13.9 Å². The SMILES string of the molecule is CC1(C)OB(c2ccc3c(c2)c2c(-c4ccccc4)cccc2n3-c2ccc(-c3ccccc3)cc2)OC1(C)C. The number of rotatable bonds is 4. The Morgan fingerprint density at radius 3 is 1.80 bits per heavy atom. The predicted octanol–water partition coefficient (Wildman–Crippen LogP) is 8.42. The molecule has 1 fully saturated rings. The van der Waals surface area contributed by atoms with Crippen LogP contribution in [0.25, 0.3) is 49.7 Å². The fourth-order valence-corrected chi connectivity index (χ4v) is 5.78. The van der Waals surface area contributed by atoms with Crippen LogP contribution in [0.5, 0.6) is 0 Å². The molecule has 0 unspecified atom stereocenters. The number of fused-ring (bicyclic) bond motifs is 3. The summed E-state index contributed by atoms with van der Waals surface area (Å²) >= 11 is 0. The van der Waals surface area contributed by atoms with Crippen molar-refractivity contribution in [3.05, 3.63) is 121 Å². The maximum absolute atomic E-state index is 6.44. The Labute approximate surface area is 236 Å². The summed E-state index contributed by atoms with van der Waals surface area (Å²) in [7, 11) is -0.415. The summed E-state index contributed by atoms with van der Waals surface area (Å²) in [6.07, 6.45) is 0. The highest BCUT2D eigenvalue weighted by atomic mass is 16.7. The largest absolute Gasteiger partial charge is 0.494 e. The van der Waals surface area contributed by atoms with Crippen LogP contribution < -0.4 is 5.46 Å². The average Bonchev–Trinajstić information content (AvgIpc) is 3.42. The Kier molecular flexibility index (Phi) is 5.74. The molecule has 1 aliphatic rings. The first kappa shape index (κ1) is 24.9. The highest BCUT2D eigenvalue weighted by Crippen LogP contribution is 2.40. The molecule has 0 amide bonds. The molecule has 0 aliphatic carbocycles. The summed E-state index contributed by atoms with van der Waals surface area (Å²) in [6.45, 7) is 8.40. The van der Waals surface area contributed by atoms with Gasteiger partial charge in [0.2, 0.25) is 0 Å². The van der Waals surface area contributed by atoms with Gasteiger partial charge in [0, 0.05) is 16.5 Å². The molecule has 4 heteroatoms. The minimum atomic E-state index is -0.415. The summed E-state index contributed by atoms with van der Waals surface area (Å²) in [5.74, 6) is 0. The van der Waals surface area contributed by atoms with Crippen molar-refractivity contribution >= 4 is 34.4 Å². The van der Waals surface area contributed by atoms with Crippen molar-refractivity contribution in [2.75, 3.05) is 0 Å². The molecule has 0 radical (unpaired) electrons. The van der Waals surface area contributed by atoms with E-state index < -0.39 is 18.3 Å². The van der Waals surface area contributed by atoms with E-state index in [0.717, 1.165) is 16.7 Å². The van der Waals surface area contributed by atoms with Crippen molar-refractivity contribution in [1.29, 1.82) is 0 Å². The molecule has 1 aromatic heterocycles. The van der Waals surface area contributed by atoms with Crippen molar-refractivity contribution in [2.24, 2.45) is 0 Å². The lowest BCUT2D eigenvalue weighted by Crippen LogP contribution is -2.41. The van der Waals surface area contributed by atoms with E-state index >= 15 is 0 Å². The number of benzene rings is 5. The minimum absolute atomic E-state index is 0.393. The van der Waals surface area contributed by atoms with Gasteiger partial charge in [-0.1, -0.05) is 97.1 Å². The summed E-state index contributed by atoms with van der Waals surface area (Å²) in [5.41, 5.74) is 8.56. The summed E-state index contributed by atoms with van der Waals surface area (Å²) < 4.78 is 15.3. The summed E-state index contributed by atoms with van der Waals surface area (Å²) in [5, 5.41) is 2.42. The first-order chi connectivity index (χ1) is 19.3. The molecule has 196 valence electrons. The molecule has 0 spiro atoms. The second-order valence-corrected chi connectivity index (χ2v) is 11.7. The molecule has 1 saturated heterocycles. The van der Waals surface area contributed by atoms with Crippen LogP contribution in [0.4, 0.5) is 0 Å². The molecule has 5 aromatic carbocycles. The van der Waals surface area contributed by atoms with Gasteiger partial charge >= 0.3 is 7.12 Å². The molecule has 0 saturated carbocycles. The second kappa shape index (κ2) is 9.23. The van der Waals surface area contributed by atoms with E-state index in [9.17, 15) is 0 Å². The molecule has 2 heterocycles. The average molecular weight is 521 g/mol. The molecule has 0 N–H and O–H groups in total. The van der Waals surface area contributed by atoms with Crippen LogP contribution in [0, 0.1) is 0 Å². The fraction of sp³-hybridized carbons (Fsp3) is 0.167. The minimum Gasteiger partial charge on any atom is -0.399 e. The van der Waals surface area contributed by atoms with Gasteiger partial charge in [-0.2, -0.15) is 0 Å². The Balaban J connectivity index is 1.44. The standard InChI is InChI=1S/C36H32BNO2/c1-35(2)36(3,4)40-37(39-35)28-20-23-32-31(24-28)34-30(27-14-9-6-10-15-27)16-11-17-33(34)38(32)29-21-18-26(19-22-29)25-12-7-5-8-13-25/h5-24H,1-4H3. The van der Waals surface area contributed by atoms with Crippen LogP contribution in [0.1, 0.15) is 27.7 Å². The Bertz CT molecular complexity index is 1820. The third-order valence-corrected chi connectivity index (χ3v) is 8.66. The van der Waals surface area contributed by atoms with Crippen molar-refractivity contribution in [2.45, 2.75) is 38.9 Å². The van der Waals surface area contributed by atoms with E-state index in [1.54, 1.807) is 0 Å². The topological polar surface area (TPSA) is 23.4 Å². The van der Waals surface area contributed by atoms with Gasteiger partial charge in [-0.25, -0.2) is 0 Å². The zero-order valence-corrected chi connectivity index (χ0v) is 23.4. The van der Waals surface area contributed by atoms with Gasteiger partial charge in [0.1, 0.15) is 0 Å². The van der Waals surface area contributed by atoms with E-state index in [4.69, 9.17) is 9.31 Å². The fourth-order valence-electron chi connectivity index (χ4n) is 5.78. The summed E-state index contributed by atoms with van der Waals surface area (Å²) in [4.78, 5) is 0. The van der Waals surface area contributed by atoms with Crippen molar-refractivity contribution in [3.8, 4) is 27.9 Å². The number of hydrogen-bond acceptors (Lipinski definition) is 2. The summed E-state index contributed by atoms with van der Waals surface area (Å²) in [6, 6.07) is 43.3. The zero-order chi connectivity index (χ0) is 27.5. The quantitative estimate of drug-likeness (QED) is 0.218. The van der Waals surface area contributed by atoms with Gasteiger partial charge in [-0.05, 0) is 79.7 Å². The van der Waals surface area contributed by atoms with Crippen LogP contribution in [0.3, 0.4) is 0 Å². The van der Waals surface area contributed by atoms with Crippen LogP contribution >= 0.6 is 0 Å². The highest BCUT2D eigenvalue weighted by Gasteiger charge is 2.51. The van der Waals surface area contributed by atoms with E-state index in [2.05, 4.69) is 154 Å². The molecule has 40 heavy (non-hydrogen) atoms. The van der Waals surface area contributed by atoms with E-state index in [0.29, 0.717) is 0 Å². The van der Waals surface area contributed by atoms with Gasteiger partial charge in [-0.3, -0.25) is 0 Å². The molecular formula is C36H32BNO2. The molecule has 7 rings (SSSR count). The van der Waals surface area contributed by atoms with Crippen molar-refractivity contribution in [1.82, 2.24) is 4.57 Å². The van der Waals surface area contributed by atoms with E-state index in [1.165, 1.54) is 38.5 Å². The van der Waals surface area contributed by atoms with Crippen LogP contribution in [-0.2, 0) is 9.31 Å². The lowest BCUT2D eigenvalue weighted by molar-refractivity contribution is 0.00578. The third-order valence-electron chi connectivity index (χ3n) is 8.66. The van der Waals surface area contributed by atoms with Crippen molar-refractivity contribution in [3.63, 3.8) is 0 Å². The number of nitrogens with zero attached hydrogens (tertiary/aromatic N) is 1.